The highest BCUT2D eigenvalue weighted by Crippen LogP contribution is 2.23. The van der Waals surface area contributed by atoms with Crippen molar-refractivity contribution in [3.63, 3.8) is 0 Å². The topological polar surface area (TPSA) is 135 Å². The van der Waals surface area contributed by atoms with E-state index in [-0.39, 0.29) is 13.2 Å². The van der Waals surface area contributed by atoms with Crippen LogP contribution in [-0.2, 0) is 42.9 Å². The molecule has 10 heteroatoms. The number of carbonyl (C=O) groups excluding carboxylic acids is 3. The minimum Gasteiger partial charge on any atom is -0.475 e. The maximum atomic E-state index is 12.1. The molecule has 1 aliphatic rings. The Morgan fingerprint density at radius 3 is 1.83 bits per heavy atom. The minimum atomic E-state index is -2.83. The average Bonchev–Trinajstić information content (AvgIpc) is 3.06. The summed E-state index contributed by atoms with van der Waals surface area (Å²) in [5.74, 6) is -8.61. The molecule has 0 bridgehead atoms. The summed E-state index contributed by atoms with van der Waals surface area (Å²) in [7, 11) is 0. The third kappa shape index (κ3) is 4.37. The number of hydrogen-bond donors (Lipinski definition) is 1. The van der Waals surface area contributed by atoms with Gasteiger partial charge in [-0.1, -0.05) is 13.8 Å². The molecule has 1 rings (SSSR count). The summed E-state index contributed by atoms with van der Waals surface area (Å²) in [5, 5.41) is 9.08. The number of carboxylic acids is 1. The molecular weight excluding hydrogens is 328 g/mol. The summed E-state index contributed by atoms with van der Waals surface area (Å²) in [5.41, 5.74) is 0. The first-order valence-electron chi connectivity index (χ1n) is 7.17. The number of esters is 3. The number of carboxylic acid groups (broad SMARTS) is 1. The van der Waals surface area contributed by atoms with Crippen LogP contribution in [0, 0.1) is 0 Å². The van der Waals surface area contributed by atoms with Crippen LogP contribution in [0.3, 0.4) is 0 Å². The lowest BCUT2D eigenvalue weighted by molar-refractivity contribution is -0.220. The average molecular weight is 346 g/mol. The van der Waals surface area contributed by atoms with E-state index in [0.29, 0.717) is 12.8 Å². The molecule has 10 nitrogen and oxygen atoms in total. The zero-order chi connectivity index (χ0) is 18.2. The standard InChI is InChI=1S/C14H18O10/c1-3-5-20-10(15)9(11(16)21-6-4-2)24-13(19)14(12(17)18)22-7-8-23-14/h7-9H,3-6H2,1-2H3,(H,17,18). The molecule has 0 atom stereocenters. The maximum absolute atomic E-state index is 12.1. The van der Waals surface area contributed by atoms with Gasteiger partial charge in [-0.15, -0.1) is 0 Å². The molecule has 0 spiro atoms. The van der Waals surface area contributed by atoms with Gasteiger partial charge in [-0.3, -0.25) is 0 Å². The van der Waals surface area contributed by atoms with Crippen molar-refractivity contribution in [1.29, 1.82) is 0 Å². The molecule has 134 valence electrons. The molecule has 0 aliphatic carbocycles. The Morgan fingerprint density at radius 1 is 1.00 bits per heavy atom. The molecule has 0 saturated heterocycles. The number of aliphatic carboxylic acids is 1. The first kappa shape index (κ1) is 19.3. The minimum absolute atomic E-state index is 0.0213. The zero-order valence-electron chi connectivity index (χ0n) is 13.2. The van der Waals surface area contributed by atoms with Crippen molar-refractivity contribution in [2.75, 3.05) is 13.2 Å². The maximum Gasteiger partial charge on any atom is 0.452 e. The summed E-state index contributed by atoms with van der Waals surface area (Å²) in [6.45, 7) is 3.39. The van der Waals surface area contributed by atoms with Crippen LogP contribution in [0.25, 0.3) is 0 Å². The highest BCUT2D eigenvalue weighted by atomic mass is 16.8. The third-order valence-corrected chi connectivity index (χ3v) is 2.62. The van der Waals surface area contributed by atoms with Crippen molar-refractivity contribution in [3.8, 4) is 0 Å². The monoisotopic (exact) mass is 346 g/mol. The van der Waals surface area contributed by atoms with Gasteiger partial charge < -0.3 is 28.8 Å². The normalized spacial score (nSPS) is 14.5. The van der Waals surface area contributed by atoms with Gasteiger partial charge >= 0.3 is 29.7 Å². The second kappa shape index (κ2) is 8.75. The van der Waals surface area contributed by atoms with Gasteiger partial charge in [-0.25, -0.2) is 19.2 Å². The van der Waals surface area contributed by atoms with Crippen LogP contribution in [0.5, 0.6) is 0 Å². The molecular formula is C14H18O10. The van der Waals surface area contributed by atoms with Crippen molar-refractivity contribution >= 4 is 23.9 Å². The first-order chi connectivity index (χ1) is 11.4. The van der Waals surface area contributed by atoms with Gasteiger partial charge in [0, 0.05) is 0 Å². The number of rotatable bonds is 9. The predicted molar refractivity (Wildman–Crippen MR) is 74.1 cm³/mol. The second-order valence-electron chi connectivity index (χ2n) is 4.55. The summed E-state index contributed by atoms with van der Waals surface area (Å²) in [6, 6.07) is 0. The van der Waals surface area contributed by atoms with Gasteiger partial charge in [0.1, 0.15) is 12.5 Å². The van der Waals surface area contributed by atoms with Gasteiger partial charge in [-0.2, -0.15) is 0 Å². The Balaban J connectivity index is 2.90. The van der Waals surface area contributed by atoms with Crippen LogP contribution in [0.2, 0.25) is 0 Å². The molecule has 0 fully saturated rings. The van der Waals surface area contributed by atoms with Crippen LogP contribution >= 0.6 is 0 Å². The van der Waals surface area contributed by atoms with E-state index in [0.717, 1.165) is 12.5 Å². The van der Waals surface area contributed by atoms with Crippen LogP contribution in [0.4, 0.5) is 0 Å². The molecule has 0 unspecified atom stereocenters. The van der Waals surface area contributed by atoms with Gasteiger partial charge in [0.15, 0.2) is 0 Å². The second-order valence-corrected chi connectivity index (χ2v) is 4.55. The zero-order valence-corrected chi connectivity index (χ0v) is 13.2. The number of ether oxygens (including phenoxy) is 5. The smallest absolute Gasteiger partial charge is 0.452 e. The van der Waals surface area contributed by atoms with Crippen LogP contribution in [0.15, 0.2) is 12.5 Å². The van der Waals surface area contributed by atoms with Crippen LogP contribution in [0.1, 0.15) is 26.7 Å². The Bertz CT molecular complexity index is 496. The van der Waals surface area contributed by atoms with Crippen molar-refractivity contribution in [3.05, 3.63) is 12.5 Å². The van der Waals surface area contributed by atoms with Crippen molar-refractivity contribution < 1.29 is 48.0 Å². The fraction of sp³-hybridized carbons (Fsp3) is 0.571. The van der Waals surface area contributed by atoms with Crippen molar-refractivity contribution in [2.45, 2.75) is 38.6 Å². The van der Waals surface area contributed by atoms with Crippen molar-refractivity contribution in [1.82, 2.24) is 0 Å². The predicted octanol–water partition coefficient (Wildman–Crippen LogP) is 0.103. The molecule has 0 radical (unpaired) electrons. The highest BCUT2D eigenvalue weighted by molar-refractivity contribution is 6.05. The molecule has 0 saturated carbocycles. The molecule has 1 aliphatic heterocycles. The number of carbonyl (C=O) groups is 4. The van der Waals surface area contributed by atoms with Crippen LogP contribution < -0.4 is 0 Å². The van der Waals surface area contributed by atoms with Crippen molar-refractivity contribution in [2.24, 2.45) is 0 Å². The van der Waals surface area contributed by atoms with Gasteiger partial charge in [-0.05, 0) is 12.8 Å². The SMILES string of the molecule is CCCOC(=O)C(OC(=O)C1(C(=O)O)OC=CO1)C(=O)OCCC. The van der Waals surface area contributed by atoms with E-state index in [9.17, 15) is 19.2 Å². The Morgan fingerprint density at radius 2 is 1.46 bits per heavy atom. The van der Waals surface area contributed by atoms with E-state index in [2.05, 4.69) is 14.2 Å². The van der Waals surface area contributed by atoms with E-state index in [1.807, 2.05) is 0 Å². The van der Waals surface area contributed by atoms with E-state index in [1.165, 1.54) is 0 Å². The molecule has 24 heavy (non-hydrogen) atoms. The Kier molecular flexibility index (Phi) is 7.02. The third-order valence-electron chi connectivity index (χ3n) is 2.62. The van der Waals surface area contributed by atoms with E-state index in [4.69, 9.17) is 14.6 Å². The summed E-state index contributed by atoms with van der Waals surface area (Å²) >= 11 is 0. The molecule has 1 N–H and O–H groups in total. The molecule has 0 aromatic rings. The summed E-state index contributed by atoms with van der Waals surface area (Å²) in [6.07, 6.45) is 0.473. The number of hydrogen-bond acceptors (Lipinski definition) is 9. The lowest BCUT2D eigenvalue weighted by Crippen LogP contribution is -2.52. The molecule has 0 aromatic carbocycles. The summed E-state index contributed by atoms with van der Waals surface area (Å²) in [4.78, 5) is 47.0. The van der Waals surface area contributed by atoms with Gasteiger partial charge in [0.25, 0.3) is 6.10 Å². The molecule has 0 amide bonds. The van der Waals surface area contributed by atoms with Gasteiger partial charge in [0.05, 0.1) is 13.2 Å². The van der Waals surface area contributed by atoms with Crippen LogP contribution in [-0.4, -0.2) is 54.1 Å². The fourth-order valence-electron chi connectivity index (χ4n) is 1.49. The Labute approximate surface area is 137 Å². The van der Waals surface area contributed by atoms with E-state index in [1.54, 1.807) is 13.8 Å². The lowest BCUT2D eigenvalue weighted by Gasteiger charge is -2.22. The van der Waals surface area contributed by atoms with E-state index >= 15 is 0 Å². The quantitative estimate of drug-likeness (QED) is 0.348. The lowest BCUT2D eigenvalue weighted by atomic mass is 10.2. The highest BCUT2D eigenvalue weighted by Gasteiger charge is 2.57. The largest absolute Gasteiger partial charge is 0.475 e. The molecule has 0 aromatic heterocycles. The fourth-order valence-corrected chi connectivity index (χ4v) is 1.49. The van der Waals surface area contributed by atoms with E-state index < -0.39 is 35.8 Å². The van der Waals surface area contributed by atoms with Gasteiger partial charge in [0.2, 0.25) is 0 Å². The molecule has 1 heterocycles. The Hall–Kier alpha value is -2.78. The summed E-state index contributed by atoms with van der Waals surface area (Å²) < 4.78 is 23.4. The first-order valence-corrected chi connectivity index (χ1v) is 7.17.